The van der Waals surface area contributed by atoms with Gasteiger partial charge in [0.2, 0.25) is 0 Å². The van der Waals surface area contributed by atoms with Gasteiger partial charge in [0.25, 0.3) is 0 Å². The Labute approximate surface area is 119 Å². The van der Waals surface area contributed by atoms with Crippen molar-refractivity contribution in [1.82, 2.24) is 5.32 Å². The highest BCUT2D eigenvalue weighted by atomic mass is 16.5. The molecule has 1 fully saturated rings. The normalized spacial score (nSPS) is 21.8. The molecule has 0 radical (unpaired) electrons. The van der Waals surface area contributed by atoms with Crippen LogP contribution in [0.4, 0.5) is 10.5 Å². The van der Waals surface area contributed by atoms with Crippen molar-refractivity contribution in [3.63, 3.8) is 0 Å². The average Bonchev–Trinajstić information content (AvgIpc) is 2.82. The summed E-state index contributed by atoms with van der Waals surface area (Å²) in [4.78, 5) is 12.1. The zero-order valence-corrected chi connectivity index (χ0v) is 12.2. The fourth-order valence-corrected chi connectivity index (χ4v) is 2.38. The van der Waals surface area contributed by atoms with Crippen molar-refractivity contribution in [3.8, 4) is 0 Å². The fourth-order valence-electron chi connectivity index (χ4n) is 2.38. The van der Waals surface area contributed by atoms with E-state index in [-0.39, 0.29) is 18.2 Å². The first-order chi connectivity index (χ1) is 9.61. The average molecular weight is 278 g/mol. The number of para-hydroxylation sites is 1. The molecule has 1 aromatic rings. The summed E-state index contributed by atoms with van der Waals surface area (Å²) in [6, 6.07) is 5.61. The van der Waals surface area contributed by atoms with Gasteiger partial charge in [-0.3, -0.25) is 0 Å². The third-order valence-corrected chi connectivity index (χ3v) is 3.45. The second-order valence-corrected chi connectivity index (χ2v) is 5.00. The number of carbonyl (C=O) groups is 1. The van der Waals surface area contributed by atoms with Gasteiger partial charge in [0.15, 0.2) is 0 Å². The number of rotatable bonds is 4. The molecule has 2 rings (SSSR count). The summed E-state index contributed by atoms with van der Waals surface area (Å²) >= 11 is 0. The molecule has 5 heteroatoms. The summed E-state index contributed by atoms with van der Waals surface area (Å²) in [7, 11) is 0. The largest absolute Gasteiger partial charge is 0.376 e. The topological polar surface area (TPSA) is 59.6 Å². The zero-order chi connectivity index (χ0) is 14.5. The van der Waals surface area contributed by atoms with Crippen LogP contribution in [0.2, 0.25) is 0 Å². The maximum Gasteiger partial charge on any atom is 0.319 e. The molecule has 0 aromatic heterocycles. The lowest BCUT2D eigenvalue weighted by molar-refractivity contribution is 0.0428. The van der Waals surface area contributed by atoms with Crippen molar-refractivity contribution in [2.24, 2.45) is 0 Å². The van der Waals surface area contributed by atoms with E-state index >= 15 is 0 Å². The molecule has 0 bridgehead atoms. The lowest BCUT2D eigenvalue weighted by atomic mass is 10.1. The Hall–Kier alpha value is -1.59. The SMILES string of the molecule is CCO[C@@H]1COC[C@H]1NC(=O)Nc1c(C)cccc1C. The first kappa shape index (κ1) is 14.8. The molecule has 0 aliphatic carbocycles. The highest BCUT2D eigenvalue weighted by Crippen LogP contribution is 2.19. The minimum absolute atomic E-state index is 0.0660. The Bertz CT molecular complexity index is 456. The minimum Gasteiger partial charge on any atom is -0.376 e. The van der Waals surface area contributed by atoms with Crippen LogP contribution >= 0.6 is 0 Å². The Balaban J connectivity index is 1.95. The van der Waals surface area contributed by atoms with Gasteiger partial charge >= 0.3 is 6.03 Å². The van der Waals surface area contributed by atoms with E-state index in [1.807, 2.05) is 39.0 Å². The molecular weight excluding hydrogens is 256 g/mol. The van der Waals surface area contributed by atoms with Gasteiger partial charge in [-0.2, -0.15) is 0 Å². The molecule has 0 unspecified atom stereocenters. The zero-order valence-electron chi connectivity index (χ0n) is 12.2. The number of hydrogen-bond donors (Lipinski definition) is 2. The van der Waals surface area contributed by atoms with Gasteiger partial charge in [-0.25, -0.2) is 4.79 Å². The first-order valence-electron chi connectivity index (χ1n) is 6.95. The number of ether oxygens (including phenoxy) is 2. The van der Waals surface area contributed by atoms with E-state index in [4.69, 9.17) is 9.47 Å². The number of amides is 2. The van der Waals surface area contributed by atoms with Gasteiger partial charge in [0.1, 0.15) is 6.10 Å². The molecule has 1 aliphatic rings. The van der Waals surface area contributed by atoms with Crippen molar-refractivity contribution in [3.05, 3.63) is 29.3 Å². The van der Waals surface area contributed by atoms with Crippen LogP contribution in [-0.2, 0) is 9.47 Å². The first-order valence-corrected chi connectivity index (χ1v) is 6.95. The second kappa shape index (κ2) is 6.72. The monoisotopic (exact) mass is 278 g/mol. The number of benzene rings is 1. The molecule has 2 amide bonds. The molecular formula is C15H22N2O3. The number of hydrogen-bond acceptors (Lipinski definition) is 3. The highest BCUT2D eigenvalue weighted by Gasteiger charge is 2.30. The van der Waals surface area contributed by atoms with Crippen LogP contribution in [0.5, 0.6) is 0 Å². The lowest BCUT2D eigenvalue weighted by Crippen LogP contribution is -2.45. The number of carbonyl (C=O) groups excluding carboxylic acids is 1. The van der Waals surface area contributed by atoms with Gasteiger partial charge in [-0.05, 0) is 31.9 Å². The van der Waals surface area contributed by atoms with E-state index in [2.05, 4.69) is 10.6 Å². The molecule has 2 N–H and O–H groups in total. The summed E-state index contributed by atoms with van der Waals surface area (Å²) in [6.45, 7) is 7.53. The van der Waals surface area contributed by atoms with E-state index in [1.54, 1.807) is 0 Å². The number of nitrogens with one attached hydrogen (secondary N) is 2. The van der Waals surface area contributed by atoms with Crippen molar-refractivity contribution in [1.29, 1.82) is 0 Å². The number of anilines is 1. The molecule has 1 saturated heterocycles. The van der Waals surface area contributed by atoms with Gasteiger partial charge in [-0.1, -0.05) is 18.2 Å². The van der Waals surface area contributed by atoms with Crippen molar-refractivity contribution in [2.45, 2.75) is 32.9 Å². The molecule has 0 saturated carbocycles. The predicted molar refractivity (Wildman–Crippen MR) is 78.1 cm³/mol. The predicted octanol–water partition coefficient (Wildman–Crippen LogP) is 2.23. The van der Waals surface area contributed by atoms with Crippen LogP contribution in [0.25, 0.3) is 0 Å². The summed E-state index contributed by atoms with van der Waals surface area (Å²) in [6.07, 6.45) is -0.0660. The third-order valence-electron chi connectivity index (χ3n) is 3.45. The lowest BCUT2D eigenvalue weighted by Gasteiger charge is -2.20. The van der Waals surface area contributed by atoms with E-state index in [0.29, 0.717) is 19.8 Å². The van der Waals surface area contributed by atoms with Crippen molar-refractivity contribution < 1.29 is 14.3 Å². The summed E-state index contributed by atoms with van der Waals surface area (Å²) < 4.78 is 10.9. The maximum absolute atomic E-state index is 12.1. The highest BCUT2D eigenvalue weighted by molar-refractivity contribution is 5.91. The molecule has 2 atom stereocenters. The molecule has 1 aliphatic heterocycles. The fraction of sp³-hybridized carbons (Fsp3) is 0.533. The Morgan fingerprint density at radius 1 is 1.35 bits per heavy atom. The molecule has 1 heterocycles. The minimum atomic E-state index is -0.220. The standard InChI is InChI=1S/C15H22N2O3/c1-4-20-13-9-19-8-12(13)16-15(18)17-14-10(2)6-5-7-11(14)3/h5-7,12-13H,4,8-9H2,1-3H3,(H2,16,17,18)/t12-,13-/m1/s1. The van der Waals surface area contributed by atoms with Crippen LogP contribution in [0.3, 0.4) is 0 Å². The summed E-state index contributed by atoms with van der Waals surface area (Å²) in [5.74, 6) is 0. The van der Waals surface area contributed by atoms with Crippen LogP contribution in [0, 0.1) is 13.8 Å². The number of urea groups is 1. The Morgan fingerprint density at radius 2 is 2.05 bits per heavy atom. The van der Waals surface area contributed by atoms with Gasteiger partial charge < -0.3 is 20.1 Å². The van der Waals surface area contributed by atoms with Gasteiger partial charge in [0.05, 0.1) is 19.3 Å². The molecule has 5 nitrogen and oxygen atoms in total. The van der Waals surface area contributed by atoms with E-state index < -0.39 is 0 Å². The van der Waals surface area contributed by atoms with E-state index in [9.17, 15) is 4.79 Å². The van der Waals surface area contributed by atoms with Crippen LogP contribution in [0.1, 0.15) is 18.1 Å². The van der Waals surface area contributed by atoms with Crippen LogP contribution < -0.4 is 10.6 Å². The van der Waals surface area contributed by atoms with Crippen molar-refractivity contribution >= 4 is 11.7 Å². The van der Waals surface area contributed by atoms with E-state index in [0.717, 1.165) is 16.8 Å². The third kappa shape index (κ3) is 3.49. The summed E-state index contributed by atoms with van der Waals surface area (Å²) in [5, 5.41) is 5.82. The quantitative estimate of drug-likeness (QED) is 0.888. The Morgan fingerprint density at radius 3 is 2.70 bits per heavy atom. The summed E-state index contributed by atoms with van der Waals surface area (Å²) in [5.41, 5.74) is 2.95. The molecule has 110 valence electrons. The van der Waals surface area contributed by atoms with Crippen LogP contribution in [-0.4, -0.2) is 38.0 Å². The maximum atomic E-state index is 12.1. The smallest absolute Gasteiger partial charge is 0.319 e. The number of aryl methyl sites for hydroxylation is 2. The van der Waals surface area contributed by atoms with E-state index in [1.165, 1.54) is 0 Å². The Kier molecular flexibility index (Phi) is 4.98. The van der Waals surface area contributed by atoms with Crippen molar-refractivity contribution in [2.75, 3.05) is 25.1 Å². The van der Waals surface area contributed by atoms with Gasteiger partial charge in [0, 0.05) is 12.3 Å². The second-order valence-electron chi connectivity index (χ2n) is 5.00. The molecule has 0 spiro atoms. The molecule has 20 heavy (non-hydrogen) atoms. The van der Waals surface area contributed by atoms with Gasteiger partial charge in [-0.15, -0.1) is 0 Å². The molecule has 1 aromatic carbocycles. The van der Waals surface area contributed by atoms with Crippen LogP contribution in [0.15, 0.2) is 18.2 Å².